The predicted molar refractivity (Wildman–Crippen MR) is 89.6 cm³/mol. The maximum Gasteiger partial charge on any atom is 0.224 e. The molecule has 0 aliphatic heterocycles. The van der Waals surface area contributed by atoms with Crippen molar-refractivity contribution < 1.29 is 9.53 Å². The highest BCUT2D eigenvalue weighted by molar-refractivity contribution is 6.31. The van der Waals surface area contributed by atoms with Crippen molar-refractivity contribution in [2.24, 2.45) is 0 Å². The first kappa shape index (κ1) is 16.4. The van der Waals surface area contributed by atoms with Gasteiger partial charge in [-0.3, -0.25) is 4.79 Å². The summed E-state index contributed by atoms with van der Waals surface area (Å²) in [5, 5.41) is 3.57. The van der Waals surface area contributed by atoms with Crippen molar-refractivity contribution in [2.75, 3.05) is 13.2 Å². The number of benzene rings is 2. The molecular weight excluding hydrogens is 298 g/mol. The van der Waals surface area contributed by atoms with E-state index >= 15 is 0 Å². The van der Waals surface area contributed by atoms with E-state index in [1.807, 2.05) is 56.3 Å². The van der Waals surface area contributed by atoms with Crippen LogP contribution in [0.25, 0.3) is 0 Å². The lowest BCUT2D eigenvalue weighted by molar-refractivity contribution is -0.120. The predicted octanol–water partition coefficient (Wildman–Crippen LogP) is 3.69. The highest BCUT2D eigenvalue weighted by Crippen LogP contribution is 2.20. The van der Waals surface area contributed by atoms with E-state index in [1.54, 1.807) is 0 Å². The van der Waals surface area contributed by atoms with E-state index in [0.717, 1.165) is 21.9 Å². The minimum atomic E-state index is -0.000241. The summed E-state index contributed by atoms with van der Waals surface area (Å²) >= 11 is 5.96. The van der Waals surface area contributed by atoms with Crippen molar-refractivity contribution in [2.45, 2.75) is 20.3 Å². The molecule has 3 nitrogen and oxygen atoms in total. The molecule has 0 saturated heterocycles. The highest BCUT2D eigenvalue weighted by atomic mass is 35.5. The number of ether oxygens (including phenoxy) is 1. The maximum absolute atomic E-state index is 11.8. The molecule has 0 heterocycles. The molecule has 0 aliphatic carbocycles. The van der Waals surface area contributed by atoms with Gasteiger partial charge in [-0.25, -0.2) is 0 Å². The van der Waals surface area contributed by atoms with Crippen molar-refractivity contribution in [3.8, 4) is 5.75 Å². The minimum absolute atomic E-state index is 0.000241. The molecule has 0 spiro atoms. The average Bonchev–Trinajstić information content (AvgIpc) is 2.49. The van der Waals surface area contributed by atoms with Crippen LogP contribution >= 0.6 is 11.6 Å². The summed E-state index contributed by atoms with van der Waals surface area (Å²) in [6, 6.07) is 13.5. The number of rotatable bonds is 6. The number of halogens is 1. The lowest BCUT2D eigenvalue weighted by Crippen LogP contribution is -2.29. The Morgan fingerprint density at radius 2 is 1.86 bits per heavy atom. The molecule has 0 aliphatic rings. The maximum atomic E-state index is 11.8. The number of amides is 1. The average molecular weight is 318 g/mol. The first-order chi connectivity index (χ1) is 10.5. The molecular formula is C18H20ClNO2. The molecule has 1 N–H and O–H groups in total. The zero-order valence-electron chi connectivity index (χ0n) is 12.9. The van der Waals surface area contributed by atoms with Crippen LogP contribution in [0, 0.1) is 13.8 Å². The third-order valence-electron chi connectivity index (χ3n) is 3.31. The molecule has 0 radical (unpaired) electrons. The van der Waals surface area contributed by atoms with E-state index in [2.05, 4.69) is 5.32 Å². The number of nitrogens with one attached hydrogen (secondary N) is 1. The summed E-state index contributed by atoms with van der Waals surface area (Å²) in [5.41, 5.74) is 3.18. The molecule has 116 valence electrons. The van der Waals surface area contributed by atoms with E-state index in [-0.39, 0.29) is 5.91 Å². The third-order valence-corrected chi connectivity index (χ3v) is 3.73. The van der Waals surface area contributed by atoms with Crippen LogP contribution in [-0.2, 0) is 11.2 Å². The fourth-order valence-corrected chi connectivity index (χ4v) is 2.14. The molecule has 22 heavy (non-hydrogen) atoms. The second-order valence-corrected chi connectivity index (χ2v) is 5.68. The van der Waals surface area contributed by atoms with E-state index in [1.165, 1.54) is 5.56 Å². The number of hydrogen-bond acceptors (Lipinski definition) is 2. The zero-order chi connectivity index (χ0) is 15.9. The normalized spacial score (nSPS) is 10.3. The summed E-state index contributed by atoms with van der Waals surface area (Å²) in [4.78, 5) is 11.8. The summed E-state index contributed by atoms with van der Waals surface area (Å²) in [5.74, 6) is 0.759. The molecule has 0 aromatic heterocycles. The Bertz CT molecular complexity index is 638. The van der Waals surface area contributed by atoms with Gasteiger partial charge in [-0.2, -0.15) is 0 Å². The second kappa shape index (κ2) is 7.85. The van der Waals surface area contributed by atoms with Gasteiger partial charge in [0.25, 0.3) is 0 Å². The molecule has 0 unspecified atom stereocenters. The Kier molecular flexibility index (Phi) is 5.84. The molecule has 0 fully saturated rings. The van der Waals surface area contributed by atoms with Crippen LogP contribution in [0.1, 0.15) is 16.7 Å². The molecule has 2 aromatic rings. The van der Waals surface area contributed by atoms with Crippen LogP contribution < -0.4 is 10.1 Å². The lowest BCUT2D eigenvalue weighted by atomic mass is 10.1. The van der Waals surface area contributed by atoms with Gasteiger partial charge in [-0.05, 0) is 43.2 Å². The van der Waals surface area contributed by atoms with Crippen LogP contribution in [0.2, 0.25) is 5.02 Å². The van der Waals surface area contributed by atoms with E-state index in [0.29, 0.717) is 19.6 Å². The molecule has 1 amide bonds. The zero-order valence-corrected chi connectivity index (χ0v) is 13.6. The standard InChI is InChI=1S/C18H20ClNO2/c1-13-3-5-15(6-4-13)12-18(21)20-9-10-22-16-7-8-17(19)14(2)11-16/h3-8,11H,9-10,12H2,1-2H3,(H,20,21). The van der Waals surface area contributed by atoms with Gasteiger partial charge < -0.3 is 10.1 Å². The summed E-state index contributed by atoms with van der Waals surface area (Å²) in [7, 11) is 0. The quantitative estimate of drug-likeness (QED) is 0.825. The molecule has 0 atom stereocenters. The summed E-state index contributed by atoms with van der Waals surface area (Å²) in [6.07, 6.45) is 0.389. The van der Waals surface area contributed by atoms with Crippen LogP contribution in [0.15, 0.2) is 42.5 Å². The smallest absolute Gasteiger partial charge is 0.224 e. The van der Waals surface area contributed by atoms with Gasteiger partial charge in [-0.1, -0.05) is 41.4 Å². The van der Waals surface area contributed by atoms with Crippen molar-refractivity contribution in [1.29, 1.82) is 0 Å². The monoisotopic (exact) mass is 317 g/mol. The SMILES string of the molecule is Cc1ccc(CC(=O)NCCOc2ccc(Cl)c(C)c2)cc1. The fourth-order valence-electron chi connectivity index (χ4n) is 2.02. The third kappa shape index (κ3) is 5.08. The van der Waals surface area contributed by atoms with Crippen LogP contribution in [0.4, 0.5) is 0 Å². The van der Waals surface area contributed by atoms with Gasteiger partial charge >= 0.3 is 0 Å². The van der Waals surface area contributed by atoms with Gasteiger partial charge in [0.1, 0.15) is 12.4 Å². The molecule has 2 aromatic carbocycles. The number of carbonyl (C=O) groups is 1. The van der Waals surface area contributed by atoms with Crippen molar-refractivity contribution in [3.05, 3.63) is 64.2 Å². The van der Waals surface area contributed by atoms with Gasteiger partial charge in [0, 0.05) is 5.02 Å². The molecule has 0 bridgehead atoms. The topological polar surface area (TPSA) is 38.3 Å². The minimum Gasteiger partial charge on any atom is -0.492 e. The molecule has 2 rings (SSSR count). The van der Waals surface area contributed by atoms with Crippen LogP contribution in [0.3, 0.4) is 0 Å². The number of carbonyl (C=O) groups excluding carboxylic acids is 1. The Labute approximate surface area is 136 Å². The molecule has 4 heteroatoms. The van der Waals surface area contributed by atoms with E-state index in [4.69, 9.17) is 16.3 Å². The van der Waals surface area contributed by atoms with E-state index in [9.17, 15) is 4.79 Å². The number of aryl methyl sites for hydroxylation is 2. The Hall–Kier alpha value is -2.00. The Morgan fingerprint density at radius 3 is 2.55 bits per heavy atom. The Morgan fingerprint density at radius 1 is 1.14 bits per heavy atom. The fraction of sp³-hybridized carbons (Fsp3) is 0.278. The molecule has 0 saturated carbocycles. The largest absolute Gasteiger partial charge is 0.492 e. The van der Waals surface area contributed by atoms with Crippen molar-refractivity contribution >= 4 is 17.5 Å². The van der Waals surface area contributed by atoms with Gasteiger partial charge in [-0.15, -0.1) is 0 Å². The lowest BCUT2D eigenvalue weighted by Gasteiger charge is -2.09. The van der Waals surface area contributed by atoms with Crippen LogP contribution in [-0.4, -0.2) is 19.1 Å². The van der Waals surface area contributed by atoms with Gasteiger partial charge in [0.2, 0.25) is 5.91 Å². The first-order valence-electron chi connectivity index (χ1n) is 7.26. The number of hydrogen-bond donors (Lipinski definition) is 1. The summed E-state index contributed by atoms with van der Waals surface area (Å²) in [6.45, 7) is 4.87. The van der Waals surface area contributed by atoms with E-state index < -0.39 is 0 Å². The summed E-state index contributed by atoms with van der Waals surface area (Å²) < 4.78 is 5.58. The van der Waals surface area contributed by atoms with Crippen molar-refractivity contribution in [3.63, 3.8) is 0 Å². The van der Waals surface area contributed by atoms with Crippen molar-refractivity contribution in [1.82, 2.24) is 5.32 Å². The highest BCUT2D eigenvalue weighted by Gasteiger charge is 2.03. The first-order valence-corrected chi connectivity index (χ1v) is 7.63. The van der Waals surface area contributed by atoms with Gasteiger partial charge in [0.15, 0.2) is 0 Å². The van der Waals surface area contributed by atoms with Gasteiger partial charge in [0.05, 0.1) is 13.0 Å². The van der Waals surface area contributed by atoms with Crippen LogP contribution in [0.5, 0.6) is 5.75 Å². The second-order valence-electron chi connectivity index (χ2n) is 5.27. The Balaban J connectivity index is 1.70.